The van der Waals surface area contributed by atoms with E-state index in [1.54, 1.807) is 0 Å². The zero-order valence-corrected chi connectivity index (χ0v) is 11.7. The van der Waals surface area contributed by atoms with Crippen molar-refractivity contribution >= 4 is 29.0 Å². The molecule has 17 heavy (non-hydrogen) atoms. The Kier molecular flexibility index (Phi) is 4.42. The third kappa shape index (κ3) is 3.69. The van der Waals surface area contributed by atoms with Crippen molar-refractivity contribution in [1.29, 1.82) is 0 Å². The number of benzene rings is 1. The van der Waals surface area contributed by atoms with Crippen LogP contribution in [0.5, 0.6) is 0 Å². The lowest BCUT2D eigenvalue weighted by atomic mass is 10.1. The quantitative estimate of drug-likeness (QED) is 0.850. The molecule has 1 aliphatic heterocycles. The molecule has 0 aromatic heterocycles. The molecule has 0 amide bonds. The molecule has 0 radical (unpaired) electrons. The van der Waals surface area contributed by atoms with Gasteiger partial charge in [0.05, 0.1) is 0 Å². The van der Waals surface area contributed by atoms with Gasteiger partial charge in [0.2, 0.25) is 0 Å². The van der Waals surface area contributed by atoms with Gasteiger partial charge in [-0.3, -0.25) is 4.90 Å². The van der Waals surface area contributed by atoms with Crippen molar-refractivity contribution in [3.05, 3.63) is 35.4 Å². The van der Waals surface area contributed by atoms with Gasteiger partial charge in [0, 0.05) is 36.2 Å². The number of hydrogen-bond acceptors (Lipinski definition) is 3. The van der Waals surface area contributed by atoms with E-state index in [-0.39, 0.29) is 0 Å². The number of thioether (sulfide) groups is 1. The minimum absolute atomic E-state index is 0.472. The summed E-state index contributed by atoms with van der Waals surface area (Å²) in [6, 6.07) is 8.28. The van der Waals surface area contributed by atoms with Crippen LogP contribution in [0.3, 0.4) is 0 Å². The average molecular weight is 266 g/mol. The Balaban J connectivity index is 1.96. The van der Waals surface area contributed by atoms with Gasteiger partial charge in [-0.15, -0.1) is 0 Å². The summed E-state index contributed by atoms with van der Waals surface area (Å²) in [5, 5.41) is 0.750. The molecule has 2 nitrogen and oxygen atoms in total. The number of nitrogens with zero attached hydrogens (tertiary/aromatic N) is 1. The lowest BCUT2D eigenvalue weighted by molar-refractivity contribution is 0.278. The zero-order chi connectivity index (χ0) is 12.3. The van der Waals surface area contributed by atoms with E-state index < -0.39 is 0 Å². The van der Waals surface area contributed by atoms with Crippen molar-refractivity contribution in [2.45, 2.75) is 18.7 Å². The second kappa shape index (κ2) is 5.85. The summed E-state index contributed by atoms with van der Waals surface area (Å²) in [4.78, 5) is 2.98. The molecular formula is C13H18N2S2. The number of hydrogen-bond donors (Lipinski definition) is 1. The largest absolute Gasteiger partial charge is 0.389 e. The number of thiocarbonyl (C=S) groups is 1. The fourth-order valence-corrected chi connectivity index (χ4v) is 3.29. The van der Waals surface area contributed by atoms with E-state index in [0.717, 1.165) is 17.4 Å². The Morgan fingerprint density at radius 3 is 2.76 bits per heavy atom. The van der Waals surface area contributed by atoms with Gasteiger partial charge in [-0.25, -0.2) is 0 Å². The monoisotopic (exact) mass is 266 g/mol. The van der Waals surface area contributed by atoms with E-state index in [2.05, 4.69) is 35.7 Å². The normalized spacial score (nSPS) is 21.4. The summed E-state index contributed by atoms with van der Waals surface area (Å²) in [5.41, 5.74) is 7.87. The van der Waals surface area contributed by atoms with Crippen LogP contribution in [0.4, 0.5) is 0 Å². The molecule has 2 N–H and O–H groups in total. The van der Waals surface area contributed by atoms with E-state index in [1.807, 2.05) is 12.1 Å². The SMILES string of the molecule is CC1CN(Cc2ccc(C(N)=S)cc2)CCS1. The second-order valence-corrected chi connectivity index (χ2v) is 6.46. The average Bonchev–Trinajstić information content (AvgIpc) is 2.29. The topological polar surface area (TPSA) is 29.3 Å². The van der Waals surface area contributed by atoms with Gasteiger partial charge >= 0.3 is 0 Å². The predicted octanol–water partition coefficient (Wildman–Crippen LogP) is 2.26. The van der Waals surface area contributed by atoms with Crippen molar-refractivity contribution in [2.24, 2.45) is 5.73 Å². The molecule has 1 aliphatic rings. The Hall–Kier alpha value is -0.580. The smallest absolute Gasteiger partial charge is 0.103 e. The van der Waals surface area contributed by atoms with E-state index in [4.69, 9.17) is 18.0 Å². The van der Waals surface area contributed by atoms with Crippen LogP contribution in [0.15, 0.2) is 24.3 Å². The molecule has 1 unspecified atom stereocenters. The first-order chi connectivity index (χ1) is 8.15. The molecule has 1 atom stereocenters. The summed E-state index contributed by atoms with van der Waals surface area (Å²) in [5.74, 6) is 1.24. The number of nitrogens with two attached hydrogens (primary N) is 1. The first kappa shape index (κ1) is 12.9. The molecule has 1 aromatic rings. The minimum atomic E-state index is 0.472. The maximum Gasteiger partial charge on any atom is 0.103 e. The maximum absolute atomic E-state index is 5.58. The fourth-order valence-electron chi connectivity index (χ4n) is 2.07. The van der Waals surface area contributed by atoms with Gasteiger partial charge in [0.15, 0.2) is 0 Å². The van der Waals surface area contributed by atoms with Crippen LogP contribution in [-0.2, 0) is 6.54 Å². The lowest BCUT2D eigenvalue weighted by Crippen LogP contribution is -2.36. The molecule has 2 rings (SSSR count). The first-order valence-corrected chi connectivity index (χ1v) is 7.33. The molecule has 0 saturated carbocycles. The van der Waals surface area contributed by atoms with Crippen molar-refractivity contribution in [3.63, 3.8) is 0 Å². The summed E-state index contributed by atoms with van der Waals surface area (Å²) in [6.07, 6.45) is 0. The van der Waals surface area contributed by atoms with Gasteiger partial charge in [-0.2, -0.15) is 11.8 Å². The third-order valence-corrected chi connectivity index (χ3v) is 4.34. The molecule has 92 valence electrons. The van der Waals surface area contributed by atoms with Gasteiger partial charge < -0.3 is 5.73 Å². The number of rotatable bonds is 3. The molecular weight excluding hydrogens is 248 g/mol. The maximum atomic E-state index is 5.58. The van der Waals surface area contributed by atoms with Crippen LogP contribution in [0.1, 0.15) is 18.1 Å². The summed E-state index contributed by atoms with van der Waals surface area (Å²) >= 11 is 7.01. The van der Waals surface area contributed by atoms with Gasteiger partial charge in [-0.1, -0.05) is 43.4 Å². The highest BCUT2D eigenvalue weighted by Crippen LogP contribution is 2.19. The van der Waals surface area contributed by atoms with Crippen LogP contribution < -0.4 is 5.73 Å². The van der Waals surface area contributed by atoms with Crippen LogP contribution in [0.25, 0.3) is 0 Å². The molecule has 1 fully saturated rings. The molecule has 4 heteroatoms. The van der Waals surface area contributed by atoms with Crippen LogP contribution >= 0.6 is 24.0 Å². The van der Waals surface area contributed by atoms with E-state index in [9.17, 15) is 0 Å². The van der Waals surface area contributed by atoms with Gasteiger partial charge in [0.25, 0.3) is 0 Å². The predicted molar refractivity (Wildman–Crippen MR) is 79.5 cm³/mol. The highest BCUT2D eigenvalue weighted by molar-refractivity contribution is 7.99. The van der Waals surface area contributed by atoms with Crippen molar-refractivity contribution in [2.75, 3.05) is 18.8 Å². The Labute approximate surface area is 113 Å². The van der Waals surface area contributed by atoms with Crippen molar-refractivity contribution in [3.8, 4) is 0 Å². The minimum Gasteiger partial charge on any atom is -0.389 e. The van der Waals surface area contributed by atoms with Crippen LogP contribution in [0, 0.1) is 0 Å². The highest BCUT2D eigenvalue weighted by atomic mass is 32.2. The van der Waals surface area contributed by atoms with Crippen molar-refractivity contribution in [1.82, 2.24) is 4.90 Å². The van der Waals surface area contributed by atoms with Crippen LogP contribution in [0.2, 0.25) is 0 Å². The summed E-state index contributed by atoms with van der Waals surface area (Å²) < 4.78 is 0. The lowest BCUT2D eigenvalue weighted by Gasteiger charge is -2.30. The Bertz CT molecular complexity index is 389. The fraction of sp³-hybridized carbons (Fsp3) is 0.462. The van der Waals surface area contributed by atoms with E-state index in [0.29, 0.717) is 4.99 Å². The molecule has 0 aliphatic carbocycles. The van der Waals surface area contributed by atoms with E-state index >= 15 is 0 Å². The second-order valence-electron chi connectivity index (χ2n) is 4.48. The molecule has 1 aromatic carbocycles. The molecule has 0 bridgehead atoms. The highest BCUT2D eigenvalue weighted by Gasteiger charge is 2.16. The summed E-state index contributed by atoms with van der Waals surface area (Å²) in [7, 11) is 0. The first-order valence-electron chi connectivity index (χ1n) is 5.88. The van der Waals surface area contributed by atoms with Gasteiger partial charge in [-0.05, 0) is 5.56 Å². The molecule has 1 saturated heterocycles. The Morgan fingerprint density at radius 2 is 2.18 bits per heavy atom. The Morgan fingerprint density at radius 1 is 1.47 bits per heavy atom. The van der Waals surface area contributed by atoms with Crippen LogP contribution in [-0.4, -0.2) is 34.0 Å². The zero-order valence-electron chi connectivity index (χ0n) is 10.1. The van der Waals surface area contributed by atoms with Gasteiger partial charge in [0.1, 0.15) is 4.99 Å². The molecule has 0 spiro atoms. The van der Waals surface area contributed by atoms with Crippen molar-refractivity contribution < 1.29 is 0 Å². The molecule has 1 heterocycles. The van der Waals surface area contributed by atoms with E-state index in [1.165, 1.54) is 24.4 Å². The third-order valence-electron chi connectivity index (χ3n) is 2.97. The standard InChI is InChI=1S/C13H18N2S2/c1-10-8-15(6-7-17-10)9-11-2-4-12(5-3-11)13(14)16/h2-5,10H,6-9H2,1H3,(H2,14,16). The summed E-state index contributed by atoms with van der Waals surface area (Å²) in [6.45, 7) is 5.70.